The van der Waals surface area contributed by atoms with Gasteiger partial charge in [-0.3, -0.25) is 4.79 Å². The molecular formula is C18H23N3O2. The largest absolute Gasteiger partial charge is 0.508 e. The van der Waals surface area contributed by atoms with Crippen LogP contribution in [0.1, 0.15) is 31.9 Å². The molecule has 2 aromatic rings. The average Bonchev–Trinajstić information content (AvgIpc) is 2.49. The Kier molecular flexibility index (Phi) is 5.01. The van der Waals surface area contributed by atoms with Crippen molar-refractivity contribution in [2.45, 2.75) is 38.6 Å². The molecule has 5 heteroatoms. The van der Waals surface area contributed by atoms with E-state index in [1.165, 1.54) is 0 Å². The highest BCUT2D eigenvalue weighted by Gasteiger charge is 2.20. The first-order valence-electron chi connectivity index (χ1n) is 7.57. The van der Waals surface area contributed by atoms with E-state index in [1.54, 1.807) is 36.5 Å². The Morgan fingerprint density at radius 2 is 2.04 bits per heavy atom. The number of nitrogens with one attached hydrogen (secondary N) is 1. The number of carbonyl (C=O) groups excluding carboxylic acids is 1. The first-order chi connectivity index (χ1) is 10.8. The Morgan fingerprint density at radius 3 is 2.65 bits per heavy atom. The van der Waals surface area contributed by atoms with Crippen LogP contribution in [-0.2, 0) is 16.6 Å². The van der Waals surface area contributed by atoms with Gasteiger partial charge in [0.2, 0.25) is 5.91 Å². The summed E-state index contributed by atoms with van der Waals surface area (Å²) in [4.78, 5) is 16.2. The van der Waals surface area contributed by atoms with Gasteiger partial charge in [-0.1, -0.05) is 39.0 Å². The third kappa shape index (κ3) is 4.53. The number of phenols is 1. The zero-order valence-corrected chi connectivity index (χ0v) is 13.7. The van der Waals surface area contributed by atoms with Crippen LogP contribution in [0.3, 0.4) is 0 Å². The van der Waals surface area contributed by atoms with E-state index in [4.69, 9.17) is 5.73 Å². The predicted molar refractivity (Wildman–Crippen MR) is 91.4 cm³/mol. The Balaban J connectivity index is 2.08. The quantitative estimate of drug-likeness (QED) is 0.809. The van der Waals surface area contributed by atoms with Crippen LogP contribution in [0.2, 0.25) is 0 Å². The number of hydrogen-bond acceptors (Lipinski definition) is 4. The maximum atomic E-state index is 12.1. The summed E-state index contributed by atoms with van der Waals surface area (Å²) in [5, 5.41) is 12.7. The number of hydrogen-bond donors (Lipinski definition) is 3. The van der Waals surface area contributed by atoms with Gasteiger partial charge in [0.15, 0.2) is 0 Å². The fourth-order valence-electron chi connectivity index (χ4n) is 2.31. The summed E-state index contributed by atoms with van der Waals surface area (Å²) in [6, 6.07) is 9.95. The van der Waals surface area contributed by atoms with E-state index >= 15 is 0 Å². The second kappa shape index (κ2) is 6.79. The van der Waals surface area contributed by atoms with E-state index in [0.717, 1.165) is 11.1 Å². The topological polar surface area (TPSA) is 88.2 Å². The lowest BCUT2D eigenvalue weighted by Gasteiger charge is -2.22. The van der Waals surface area contributed by atoms with Crippen molar-refractivity contribution in [2.24, 2.45) is 5.73 Å². The van der Waals surface area contributed by atoms with E-state index in [0.29, 0.717) is 12.2 Å². The first kappa shape index (κ1) is 17.0. The SMILES string of the molecule is CC(C)(C)c1cc(CC(N)C(=O)Nc2ccccn2)ccc1O. The lowest BCUT2D eigenvalue weighted by molar-refractivity contribution is -0.117. The summed E-state index contributed by atoms with van der Waals surface area (Å²) < 4.78 is 0. The molecule has 23 heavy (non-hydrogen) atoms. The monoisotopic (exact) mass is 313 g/mol. The van der Waals surface area contributed by atoms with Crippen LogP contribution in [0, 0.1) is 0 Å². The van der Waals surface area contributed by atoms with Gasteiger partial charge in [0.05, 0.1) is 6.04 Å². The van der Waals surface area contributed by atoms with Crippen LogP contribution in [-0.4, -0.2) is 22.0 Å². The van der Waals surface area contributed by atoms with Crippen molar-refractivity contribution in [2.75, 3.05) is 5.32 Å². The van der Waals surface area contributed by atoms with Crippen LogP contribution in [0.5, 0.6) is 5.75 Å². The minimum absolute atomic E-state index is 0.180. The fraction of sp³-hybridized carbons (Fsp3) is 0.333. The van der Waals surface area contributed by atoms with E-state index in [9.17, 15) is 9.90 Å². The molecule has 5 nitrogen and oxygen atoms in total. The Hall–Kier alpha value is -2.40. The highest BCUT2D eigenvalue weighted by Crippen LogP contribution is 2.31. The van der Waals surface area contributed by atoms with Gasteiger partial charge in [0.1, 0.15) is 11.6 Å². The molecule has 0 spiro atoms. The molecule has 1 heterocycles. The third-order valence-corrected chi connectivity index (χ3v) is 3.58. The lowest BCUT2D eigenvalue weighted by Crippen LogP contribution is -2.37. The van der Waals surface area contributed by atoms with E-state index in [2.05, 4.69) is 10.3 Å². The van der Waals surface area contributed by atoms with Gasteiger partial charge >= 0.3 is 0 Å². The normalized spacial score (nSPS) is 12.7. The fourth-order valence-corrected chi connectivity index (χ4v) is 2.31. The van der Waals surface area contributed by atoms with Crippen LogP contribution in [0.15, 0.2) is 42.6 Å². The lowest BCUT2D eigenvalue weighted by atomic mass is 9.85. The number of carbonyl (C=O) groups is 1. The number of rotatable bonds is 4. The number of nitrogens with zero attached hydrogens (tertiary/aromatic N) is 1. The molecule has 4 N–H and O–H groups in total. The van der Waals surface area contributed by atoms with Gasteiger partial charge in [0.25, 0.3) is 0 Å². The van der Waals surface area contributed by atoms with Crippen molar-refractivity contribution in [3.05, 3.63) is 53.7 Å². The minimum atomic E-state index is -0.686. The van der Waals surface area contributed by atoms with E-state index in [-0.39, 0.29) is 17.1 Å². The minimum Gasteiger partial charge on any atom is -0.508 e. The second-order valence-corrected chi connectivity index (χ2v) is 6.62. The van der Waals surface area contributed by atoms with Gasteiger partial charge in [0, 0.05) is 6.20 Å². The predicted octanol–water partition coefficient (Wildman–Crippen LogP) is 2.59. The van der Waals surface area contributed by atoms with Gasteiger partial charge in [-0.15, -0.1) is 0 Å². The number of aromatic nitrogens is 1. The molecule has 1 amide bonds. The van der Waals surface area contributed by atoms with Crippen molar-refractivity contribution in [1.82, 2.24) is 4.98 Å². The Morgan fingerprint density at radius 1 is 1.30 bits per heavy atom. The molecule has 1 atom stereocenters. The molecule has 0 aliphatic carbocycles. The van der Waals surface area contributed by atoms with Crippen molar-refractivity contribution >= 4 is 11.7 Å². The Labute approximate surface area is 136 Å². The van der Waals surface area contributed by atoms with Crippen LogP contribution in [0.25, 0.3) is 0 Å². The van der Waals surface area contributed by atoms with Crippen molar-refractivity contribution in [1.29, 1.82) is 0 Å². The van der Waals surface area contributed by atoms with Crippen molar-refractivity contribution in [3.63, 3.8) is 0 Å². The van der Waals surface area contributed by atoms with Crippen LogP contribution < -0.4 is 11.1 Å². The van der Waals surface area contributed by atoms with E-state index in [1.807, 2.05) is 26.8 Å². The number of pyridine rings is 1. The van der Waals surface area contributed by atoms with Crippen LogP contribution in [0.4, 0.5) is 5.82 Å². The molecule has 2 rings (SSSR count). The zero-order chi connectivity index (χ0) is 17.0. The summed E-state index contributed by atoms with van der Waals surface area (Å²) in [7, 11) is 0. The number of aromatic hydroxyl groups is 1. The number of amides is 1. The Bertz CT molecular complexity index is 678. The molecule has 1 unspecified atom stereocenters. The molecule has 0 bridgehead atoms. The molecule has 122 valence electrons. The first-order valence-corrected chi connectivity index (χ1v) is 7.57. The molecule has 0 aliphatic rings. The van der Waals surface area contributed by atoms with Gasteiger partial charge < -0.3 is 16.2 Å². The van der Waals surface area contributed by atoms with E-state index < -0.39 is 6.04 Å². The van der Waals surface area contributed by atoms with Crippen LogP contribution >= 0.6 is 0 Å². The van der Waals surface area contributed by atoms with Crippen molar-refractivity contribution in [3.8, 4) is 5.75 Å². The third-order valence-electron chi connectivity index (χ3n) is 3.58. The van der Waals surface area contributed by atoms with Crippen molar-refractivity contribution < 1.29 is 9.90 Å². The molecule has 0 saturated heterocycles. The second-order valence-electron chi connectivity index (χ2n) is 6.62. The molecule has 1 aromatic carbocycles. The summed E-state index contributed by atoms with van der Waals surface area (Å²) in [6.07, 6.45) is 2.00. The highest BCUT2D eigenvalue weighted by atomic mass is 16.3. The molecule has 0 aliphatic heterocycles. The summed E-state index contributed by atoms with van der Waals surface area (Å²) >= 11 is 0. The molecule has 0 saturated carbocycles. The highest BCUT2D eigenvalue weighted by molar-refractivity contribution is 5.94. The molecular weight excluding hydrogens is 290 g/mol. The molecule has 0 radical (unpaired) electrons. The van der Waals surface area contributed by atoms with Gasteiger partial charge in [-0.05, 0) is 41.2 Å². The maximum absolute atomic E-state index is 12.1. The number of anilines is 1. The van der Waals surface area contributed by atoms with Gasteiger partial charge in [-0.2, -0.15) is 0 Å². The molecule has 1 aromatic heterocycles. The molecule has 0 fully saturated rings. The van der Waals surface area contributed by atoms with Gasteiger partial charge in [-0.25, -0.2) is 4.98 Å². The summed E-state index contributed by atoms with van der Waals surface area (Å²) in [6.45, 7) is 6.08. The zero-order valence-electron chi connectivity index (χ0n) is 13.7. The maximum Gasteiger partial charge on any atom is 0.242 e. The number of nitrogens with two attached hydrogens (primary N) is 1. The number of benzene rings is 1. The number of phenolic OH excluding ortho intramolecular Hbond substituents is 1. The standard InChI is InChI=1S/C18H23N3O2/c1-18(2,3)13-10-12(7-8-15(13)22)11-14(19)17(23)21-16-6-4-5-9-20-16/h4-10,14,22H,11,19H2,1-3H3,(H,20,21,23). The average molecular weight is 313 g/mol. The smallest absolute Gasteiger partial charge is 0.242 e. The summed E-state index contributed by atoms with van der Waals surface area (Å²) in [5.74, 6) is 0.455. The summed E-state index contributed by atoms with van der Waals surface area (Å²) in [5.41, 5.74) is 7.57.